The van der Waals surface area contributed by atoms with Crippen LogP contribution >= 0.6 is 0 Å². The summed E-state index contributed by atoms with van der Waals surface area (Å²) < 4.78 is 11.6. The zero-order valence-corrected chi connectivity index (χ0v) is 19.9. The molecule has 0 radical (unpaired) electrons. The molecule has 2 heterocycles. The van der Waals surface area contributed by atoms with E-state index in [1.807, 2.05) is 12.1 Å². The van der Waals surface area contributed by atoms with Crippen molar-refractivity contribution in [3.8, 4) is 0 Å². The molecule has 160 valence electrons. The number of rotatable bonds is 4. The predicted molar refractivity (Wildman–Crippen MR) is 119 cm³/mol. The monoisotopic (exact) mass is 415 g/mol. The normalized spacial score (nSPS) is 34.1. The molecule has 3 fully saturated rings. The van der Waals surface area contributed by atoms with E-state index in [2.05, 4.69) is 51.3 Å². The van der Waals surface area contributed by atoms with Crippen molar-refractivity contribution in [2.45, 2.75) is 95.1 Å². The Kier molecular flexibility index (Phi) is 5.03. The lowest BCUT2D eigenvalue weighted by Crippen LogP contribution is -2.59. The summed E-state index contributed by atoms with van der Waals surface area (Å²) in [6, 6.07) is 8.69. The van der Waals surface area contributed by atoms with Gasteiger partial charge in [0.25, 0.3) is 0 Å². The Balaban J connectivity index is 1.48. The summed E-state index contributed by atoms with van der Waals surface area (Å²) in [5.74, 6) is -0.268. The number of piperidine rings is 1. The number of nitrogens with one attached hydrogen (secondary N) is 1. The van der Waals surface area contributed by atoms with Crippen molar-refractivity contribution in [3.63, 3.8) is 0 Å². The molecule has 4 nitrogen and oxygen atoms in total. The second-order valence-electron chi connectivity index (χ2n) is 11.3. The molecule has 1 spiro atoms. The van der Waals surface area contributed by atoms with E-state index < -0.39 is 8.32 Å². The molecule has 0 amide bonds. The molecule has 1 N–H and O–H groups in total. The minimum atomic E-state index is -1.70. The van der Waals surface area contributed by atoms with Crippen LogP contribution in [0.15, 0.2) is 24.3 Å². The van der Waals surface area contributed by atoms with E-state index in [1.165, 1.54) is 51.2 Å². The fraction of sp³-hybridized carbons (Fsp3) is 0.708. The molecule has 2 atom stereocenters. The molecule has 1 aromatic rings. The summed E-state index contributed by atoms with van der Waals surface area (Å²) in [5.41, 5.74) is 2.42. The molecule has 2 unspecified atom stereocenters. The van der Waals surface area contributed by atoms with Crippen LogP contribution < -0.4 is 5.32 Å². The highest BCUT2D eigenvalue weighted by atomic mass is 28.4. The number of hydrogen-bond acceptors (Lipinski definition) is 4. The zero-order chi connectivity index (χ0) is 21.1. The second kappa shape index (κ2) is 6.93. The van der Waals surface area contributed by atoms with Crippen LogP contribution in [-0.2, 0) is 14.7 Å². The van der Waals surface area contributed by atoms with Crippen LogP contribution in [0.2, 0.25) is 18.1 Å². The average molecular weight is 416 g/mol. The Hall–Kier alpha value is -1.17. The van der Waals surface area contributed by atoms with Gasteiger partial charge < -0.3 is 14.5 Å². The van der Waals surface area contributed by atoms with Gasteiger partial charge in [-0.05, 0) is 79.8 Å². The Bertz CT molecular complexity index is 776. The van der Waals surface area contributed by atoms with Gasteiger partial charge >= 0.3 is 5.97 Å². The average Bonchev–Trinajstić information content (AvgIpc) is 2.94. The molecule has 0 aromatic heterocycles. The third-order valence-electron chi connectivity index (χ3n) is 8.20. The quantitative estimate of drug-likeness (QED) is 0.529. The van der Waals surface area contributed by atoms with Crippen molar-refractivity contribution < 1.29 is 14.0 Å². The largest absolute Gasteiger partial charge is 0.465 e. The molecule has 3 aliphatic rings. The number of ether oxygens (including phenoxy) is 1. The number of fused-ring (bicyclic) bond motifs is 2. The number of carbonyl (C=O) groups excluding carboxylic acids is 1. The third kappa shape index (κ3) is 3.70. The van der Waals surface area contributed by atoms with Crippen molar-refractivity contribution in [1.82, 2.24) is 5.32 Å². The number of benzene rings is 1. The van der Waals surface area contributed by atoms with Crippen LogP contribution in [0.4, 0.5) is 0 Å². The highest BCUT2D eigenvalue weighted by molar-refractivity contribution is 6.74. The standard InChI is InChI=1S/C24H37NO3Si/c1-22(2,3)29(5,6)28-20-14-23(15-20)13-19-11-12-24(16-23,25-19)18-9-7-17(8-10-18)21(26)27-4/h7-10,19-20,25H,11-16H2,1-6H3. The maximum absolute atomic E-state index is 11.8. The predicted octanol–water partition coefficient (Wildman–Crippen LogP) is 5.38. The second-order valence-corrected chi connectivity index (χ2v) is 16.1. The summed E-state index contributed by atoms with van der Waals surface area (Å²) in [7, 11) is -0.267. The van der Waals surface area contributed by atoms with Crippen molar-refractivity contribution in [1.29, 1.82) is 0 Å². The highest BCUT2D eigenvalue weighted by Gasteiger charge is 2.58. The van der Waals surface area contributed by atoms with Gasteiger partial charge in [-0.25, -0.2) is 4.79 Å². The van der Waals surface area contributed by atoms with Gasteiger partial charge in [0.05, 0.1) is 12.7 Å². The van der Waals surface area contributed by atoms with Crippen molar-refractivity contribution in [3.05, 3.63) is 35.4 Å². The molecule has 2 saturated heterocycles. The lowest BCUT2D eigenvalue weighted by atomic mass is 9.57. The smallest absolute Gasteiger partial charge is 0.337 e. The summed E-state index contributed by atoms with van der Waals surface area (Å²) in [5, 5.41) is 4.21. The Morgan fingerprint density at radius 3 is 2.38 bits per heavy atom. The van der Waals surface area contributed by atoms with Gasteiger partial charge in [-0.3, -0.25) is 0 Å². The van der Waals surface area contributed by atoms with Gasteiger partial charge in [-0.2, -0.15) is 0 Å². The van der Waals surface area contributed by atoms with E-state index in [0.717, 1.165) is 0 Å². The lowest BCUT2D eigenvalue weighted by Gasteiger charge is -2.57. The van der Waals surface area contributed by atoms with Gasteiger partial charge in [-0.1, -0.05) is 32.9 Å². The molecule has 2 aliphatic heterocycles. The number of hydrogen-bond donors (Lipinski definition) is 1. The topological polar surface area (TPSA) is 47.6 Å². The van der Waals surface area contributed by atoms with Crippen molar-refractivity contribution in [2.24, 2.45) is 5.41 Å². The van der Waals surface area contributed by atoms with Crippen LogP contribution in [0.1, 0.15) is 75.2 Å². The first-order valence-corrected chi connectivity index (χ1v) is 14.0. The third-order valence-corrected chi connectivity index (χ3v) is 12.7. The first kappa shape index (κ1) is 21.1. The number of methoxy groups -OCH3 is 1. The maximum Gasteiger partial charge on any atom is 0.337 e. The molecule has 2 bridgehead atoms. The van der Waals surface area contributed by atoms with Gasteiger partial charge in [0, 0.05) is 17.7 Å². The Labute approximate surface area is 176 Å². The molecular formula is C24H37NO3Si. The molecular weight excluding hydrogens is 378 g/mol. The summed E-state index contributed by atoms with van der Waals surface area (Å²) in [6.45, 7) is 11.7. The van der Waals surface area contributed by atoms with Crippen molar-refractivity contribution >= 4 is 14.3 Å². The SMILES string of the molecule is COC(=O)c1ccc(C23CCC(CC4(CC(O[Si](C)(C)C(C)(C)C)C4)C2)N3)cc1. The summed E-state index contributed by atoms with van der Waals surface area (Å²) in [6.07, 6.45) is 7.75. The van der Waals surface area contributed by atoms with E-state index in [-0.39, 0.29) is 16.5 Å². The van der Waals surface area contributed by atoms with Gasteiger partial charge in [0.15, 0.2) is 8.32 Å². The van der Waals surface area contributed by atoms with Crippen LogP contribution in [0.25, 0.3) is 0 Å². The van der Waals surface area contributed by atoms with Crippen LogP contribution in [-0.4, -0.2) is 33.5 Å². The van der Waals surface area contributed by atoms with E-state index >= 15 is 0 Å². The highest BCUT2D eigenvalue weighted by Crippen LogP contribution is 2.60. The first-order valence-electron chi connectivity index (χ1n) is 11.1. The molecule has 1 saturated carbocycles. The number of esters is 1. The Morgan fingerprint density at radius 1 is 1.14 bits per heavy atom. The van der Waals surface area contributed by atoms with Crippen LogP contribution in [0.5, 0.6) is 0 Å². The maximum atomic E-state index is 11.8. The van der Waals surface area contributed by atoms with Crippen molar-refractivity contribution in [2.75, 3.05) is 7.11 Å². The molecule has 29 heavy (non-hydrogen) atoms. The molecule has 4 rings (SSSR count). The summed E-state index contributed by atoms with van der Waals surface area (Å²) in [4.78, 5) is 11.8. The lowest BCUT2D eigenvalue weighted by molar-refractivity contribution is -0.0681. The van der Waals surface area contributed by atoms with E-state index in [9.17, 15) is 4.79 Å². The fourth-order valence-corrected chi connectivity index (χ4v) is 7.10. The Morgan fingerprint density at radius 2 is 1.79 bits per heavy atom. The van der Waals surface area contributed by atoms with Crippen LogP contribution in [0.3, 0.4) is 0 Å². The van der Waals surface area contributed by atoms with E-state index in [0.29, 0.717) is 23.1 Å². The molecule has 5 heteroatoms. The summed E-state index contributed by atoms with van der Waals surface area (Å²) >= 11 is 0. The van der Waals surface area contributed by atoms with Gasteiger partial charge in [0.1, 0.15) is 0 Å². The fourth-order valence-electron chi connectivity index (χ4n) is 5.75. The first-order chi connectivity index (χ1) is 13.5. The van der Waals surface area contributed by atoms with E-state index in [4.69, 9.17) is 9.16 Å². The van der Waals surface area contributed by atoms with Gasteiger partial charge in [0.2, 0.25) is 0 Å². The minimum absolute atomic E-state index is 0.0551. The zero-order valence-electron chi connectivity index (χ0n) is 18.9. The number of carbonyl (C=O) groups is 1. The molecule has 1 aromatic carbocycles. The molecule has 1 aliphatic carbocycles. The van der Waals surface area contributed by atoms with Gasteiger partial charge in [-0.15, -0.1) is 0 Å². The van der Waals surface area contributed by atoms with Crippen LogP contribution in [0, 0.1) is 5.41 Å². The van der Waals surface area contributed by atoms with E-state index in [1.54, 1.807) is 0 Å². The minimum Gasteiger partial charge on any atom is -0.465 e.